The first-order valence-corrected chi connectivity index (χ1v) is 6.79. The molecule has 1 heterocycles. The molecule has 0 aromatic rings. The molecular weight excluding hydrogens is 260 g/mol. The molecule has 1 rings (SSSR count). The third-order valence-corrected chi connectivity index (χ3v) is 3.86. The lowest BCUT2D eigenvalue weighted by Crippen LogP contribution is -2.44. The summed E-state index contributed by atoms with van der Waals surface area (Å²) in [6, 6.07) is 0. The summed E-state index contributed by atoms with van der Waals surface area (Å²) in [6.07, 6.45) is 3.21. The molecule has 0 saturated heterocycles. The minimum Gasteiger partial charge on any atom is -0.269 e. The van der Waals surface area contributed by atoms with Crippen LogP contribution in [0.5, 0.6) is 0 Å². The first-order chi connectivity index (χ1) is 8.44. The average molecular weight is 272 g/mol. The van der Waals surface area contributed by atoms with Crippen molar-refractivity contribution in [1.29, 1.82) is 0 Å². The third kappa shape index (κ3) is 2.88. The van der Waals surface area contributed by atoms with Gasteiger partial charge in [-0.3, -0.25) is 14.5 Å². The first-order valence-electron chi connectivity index (χ1n) is 5.29. The SMILES string of the molecule is CCCCC(N1C(=O)C=CC1=O)S(=O)(=O)N=[N+]=[N-]. The van der Waals surface area contributed by atoms with E-state index in [-0.39, 0.29) is 6.42 Å². The van der Waals surface area contributed by atoms with E-state index in [2.05, 4.69) is 9.43 Å². The molecule has 1 aliphatic rings. The Hall–Kier alpha value is -1.86. The summed E-state index contributed by atoms with van der Waals surface area (Å²) in [5.41, 5.74) is 8.23. The molecule has 0 fully saturated rings. The van der Waals surface area contributed by atoms with Crippen molar-refractivity contribution in [1.82, 2.24) is 4.90 Å². The molecule has 98 valence electrons. The van der Waals surface area contributed by atoms with Crippen molar-refractivity contribution in [2.75, 3.05) is 0 Å². The average Bonchev–Trinajstić information content (AvgIpc) is 2.60. The maximum Gasteiger partial charge on any atom is 0.257 e. The van der Waals surface area contributed by atoms with E-state index in [9.17, 15) is 18.0 Å². The molecule has 0 aromatic heterocycles. The number of imide groups is 1. The molecule has 0 saturated carbocycles. The number of carbonyl (C=O) groups is 2. The van der Waals surface area contributed by atoms with E-state index in [4.69, 9.17) is 5.53 Å². The van der Waals surface area contributed by atoms with Crippen molar-refractivity contribution >= 4 is 21.8 Å². The van der Waals surface area contributed by atoms with Crippen LogP contribution in [0.3, 0.4) is 0 Å². The summed E-state index contributed by atoms with van der Waals surface area (Å²) in [5.74, 6) is -1.42. The highest BCUT2D eigenvalue weighted by atomic mass is 32.2. The molecule has 0 bridgehead atoms. The van der Waals surface area contributed by atoms with Gasteiger partial charge in [-0.25, -0.2) is 8.42 Å². The highest BCUT2D eigenvalue weighted by Crippen LogP contribution is 2.21. The van der Waals surface area contributed by atoms with Gasteiger partial charge < -0.3 is 0 Å². The summed E-state index contributed by atoms with van der Waals surface area (Å²) in [7, 11) is -4.24. The van der Waals surface area contributed by atoms with Gasteiger partial charge >= 0.3 is 0 Å². The lowest BCUT2D eigenvalue weighted by molar-refractivity contribution is -0.137. The van der Waals surface area contributed by atoms with Gasteiger partial charge in [0, 0.05) is 21.6 Å². The smallest absolute Gasteiger partial charge is 0.257 e. The van der Waals surface area contributed by atoms with E-state index in [1.807, 2.05) is 6.92 Å². The molecule has 0 radical (unpaired) electrons. The van der Waals surface area contributed by atoms with Crippen LogP contribution in [0.15, 0.2) is 16.7 Å². The van der Waals surface area contributed by atoms with E-state index in [1.165, 1.54) is 0 Å². The lowest BCUT2D eigenvalue weighted by atomic mass is 10.2. The highest BCUT2D eigenvalue weighted by molar-refractivity contribution is 7.90. The van der Waals surface area contributed by atoms with Gasteiger partial charge in [-0.05, 0) is 12.0 Å². The van der Waals surface area contributed by atoms with Crippen LogP contribution in [0.25, 0.3) is 10.4 Å². The lowest BCUT2D eigenvalue weighted by Gasteiger charge is -2.23. The van der Waals surface area contributed by atoms with Crippen LogP contribution in [0.4, 0.5) is 0 Å². The van der Waals surface area contributed by atoms with Crippen LogP contribution in [-0.4, -0.2) is 30.5 Å². The van der Waals surface area contributed by atoms with Gasteiger partial charge in [0.1, 0.15) is 5.37 Å². The van der Waals surface area contributed by atoms with E-state index in [0.717, 1.165) is 12.2 Å². The Morgan fingerprint density at radius 2 is 1.94 bits per heavy atom. The third-order valence-electron chi connectivity index (χ3n) is 2.43. The minimum atomic E-state index is -4.24. The van der Waals surface area contributed by atoms with Crippen molar-refractivity contribution in [2.45, 2.75) is 31.6 Å². The number of nitrogens with zero attached hydrogens (tertiary/aromatic N) is 4. The van der Waals surface area contributed by atoms with Crippen molar-refractivity contribution in [3.63, 3.8) is 0 Å². The summed E-state index contributed by atoms with van der Waals surface area (Å²) >= 11 is 0. The first kappa shape index (κ1) is 14.2. The van der Waals surface area contributed by atoms with Gasteiger partial charge in [0.25, 0.3) is 21.8 Å². The highest BCUT2D eigenvalue weighted by Gasteiger charge is 2.38. The summed E-state index contributed by atoms with van der Waals surface area (Å²) < 4.78 is 26.1. The van der Waals surface area contributed by atoms with Crippen LogP contribution in [0, 0.1) is 0 Å². The molecular formula is C9H12N4O4S. The maximum absolute atomic E-state index is 11.7. The van der Waals surface area contributed by atoms with Crippen molar-refractivity contribution in [3.8, 4) is 0 Å². The number of amides is 2. The van der Waals surface area contributed by atoms with Crippen LogP contribution in [0.2, 0.25) is 0 Å². The summed E-state index contributed by atoms with van der Waals surface area (Å²) in [4.78, 5) is 25.8. The molecule has 0 N–H and O–H groups in total. The Kier molecular flexibility index (Phi) is 4.46. The number of hydrogen-bond donors (Lipinski definition) is 0. The van der Waals surface area contributed by atoms with E-state index < -0.39 is 27.2 Å². The zero-order valence-electron chi connectivity index (χ0n) is 9.68. The molecule has 1 unspecified atom stereocenters. The van der Waals surface area contributed by atoms with Crippen LogP contribution >= 0.6 is 0 Å². The topological polar surface area (TPSA) is 120 Å². The summed E-state index contributed by atoms with van der Waals surface area (Å²) in [6.45, 7) is 1.84. The Balaban J connectivity index is 3.10. The fourth-order valence-corrected chi connectivity index (χ4v) is 2.74. The Morgan fingerprint density at radius 1 is 1.39 bits per heavy atom. The van der Waals surface area contributed by atoms with E-state index in [1.54, 1.807) is 0 Å². The van der Waals surface area contributed by atoms with Gasteiger partial charge in [-0.2, -0.15) is 0 Å². The predicted octanol–water partition coefficient (Wildman–Crippen LogP) is 1.07. The summed E-state index contributed by atoms with van der Waals surface area (Å²) in [5, 5.41) is -1.43. The van der Waals surface area contributed by atoms with Crippen molar-refractivity contribution in [2.24, 2.45) is 4.52 Å². The normalized spacial score (nSPS) is 16.8. The number of rotatable bonds is 6. The molecule has 0 aliphatic carbocycles. The minimum absolute atomic E-state index is 0.0526. The number of carbonyl (C=O) groups excluding carboxylic acids is 2. The van der Waals surface area contributed by atoms with Gasteiger partial charge in [0.05, 0.1) is 0 Å². The van der Waals surface area contributed by atoms with Gasteiger partial charge in [-0.1, -0.05) is 19.8 Å². The Morgan fingerprint density at radius 3 is 2.39 bits per heavy atom. The fraction of sp³-hybridized carbons (Fsp3) is 0.556. The number of unbranched alkanes of at least 4 members (excludes halogenated alkanes) is 1. The predicted molar refractivity (Wildman–Crippen MR) is 62.4 cm³/mol. The number of azide groups is 1. The molecule has 8 nitrogen and oxygen atoms in total. The molecule has 0 aromatic carbocycles. The standard InChI is InChI=1S/C9H12N4O4S/c1-2-3-4-9(18(16,17)12-11-10)13-7(14)5-6-8(13)15/h5-6,9H,2-4H2,1H3. The molecule has 0 spiro atoms. The molecule has 1 aliphatic heterocycles. The zero-order chi connectivity index (χ0) is 13.8. The zero-order valence-corrected chi connectivity index (χ0v) is 10.5. The largest absolute Gasteiger partial charge is 0.269 e. The molecule has 9 heteroatoms. The second-order valence-electron chi connectivity index (χ2n) is 3.66. The second-order valence-corrected chi connectivity index (χ2v) is 5.40. The monoisotopic (exact) mass is 272 g/mol. The van der Waals surface area contributed by atoms with Gasteiger partial charge in [0.15, 0.2) is 0 Å². The van der Waals surface area contributed by atoms with Crippen LogP contribution < -0.4 is 0 Å². The van der Waals surface area contributed by atoms with Crippen LogP contribution in [-0.2, 0) is 19.6 Å². The fourth-order valence-electron chi connectivity index (χ4n) is 1.59. The van der Waals surface area contributed by atoms with E-state index >= 15 is 0 Å². The van der Waals surface area contributed by atoms with Crippen LogP contribution in [0.1, 0.15) is 26.2 Å². The van der Waals surface area contributed by atoms with Gasteiger partial charge in [0.2, 0.25) is 0 Å². The van der Waals surface area contributed by atoms with E-state index in [0.29, 0.717) is 17.7 Å². The quantitative estimate of drug-likeness (QED) is 0.310. The Bertz CT molecular complexity index is 515. The molecule has 1 atom stereocenters. The second kappa shape index (κ2) is 5.65. The van der Waals surface area contributed by atoms with Crippen molar-refractivity contribution in [3.05, 3.63) is 22.6 Å². The number of hydrogen-bond acceptors (Lipinski definition) is 4. The van der Waals surface area contributed by atoms with Gasteiger partial charge in [-0.15, -0.1) is 0 Å². The van der Waals surface area contributed by atoms with Crippen molar-refractivity contribution < 1.29 is 18.0 Å². The number of sulfonamides is 1. The maximum atomic E-state index is 11.7. The molecule has 18 heavy (non-hydrogen) atoms. The Labute approximate surface area is 104 Å². The molecule has 2 amide bonds.